The molecule has 1 heterocycles. The van der Waals surface area contributed by atoms with E-state index in [1.54, 1.807) is 6.92 Å². The highest BCUT2D eigenvalue weighted by atomic mass is 16.5. The van der Waals surface area contributed by atoms with E-state index in [-0.39, 0.29) is 24.9 Å². The summed E-state index contributed by atoms with van der Waals surface area (Å²) in [6.07, 6.45) is 0.638. The first kappa shape index (κ1) is 13.5. The maximum absolute atomic E-state index is 11.6. The summed E-state index contributed by atoms with van der Waals surface area (Å²) < 4.78 is 4.68. The van der Waals surface area contributed by atoms with Crippen LogP contribution in [0.3, 0.4) is 0 Å². The Morgan fingerprint density at radius 2 is 1.88 bits per heavy atom. The van der Waals surface area contributed by atoms with Crippen molar-refractivity contribution in [2.24, 2.45) is 5.92 Å². The summed E-state index contributed by atoms with van der Waals surface area (Å²) in [5.41, 5.74) is 0. The van der Waals surface area contributed by atoms with Gasteiger partial charge in [-0.3, -0.25) is 14.4 Å². The van der Waals surface area contributed by atoms with Crippen molar-refractivity contribution < 1.29 is 24.2 Å². The van der Waals surface area contributed by atoms with E-state index in [4.69, 9.17) is 5.11 Å². The van der Waals surface area contributed by atoms with E-state index < -0.39 is 11.9 Å². The lowest BCUT2D eigenvalue weighted by Gasteiger charge is -2.29. The number of hydrogen-bond acceptors (Lipinski definition) is 4. The molecular formula is C11H17NO5. The highest BCUT2D eigenvalue weighted by Gasteiger charge is 2.27. The number of ether oxygens (including phenoxy) is 1. The molecule has 0 bridgehead atoms. The van der Waals surface area contributed by atoms with Crippen LogP contribution in [-0.2, 0) is 19.1 Å². The average molecular weight is 243 g/mol. The number of piperidine rings is 1. The van der Waals surface area contributed by atoms with Crippen LogP contribution in [0.25, 0.3) is 0 Å². The van der Waals surface area contributed by atoms with Crippen molar-refractivity contribution in [1.82, 2.24) is 4.90 Å². The number of nitrogens with zero attached hydrogens (tertiary/aromatic N) is 1. The molecule has 0 aromatic heterocycles. The predicted molar refractivity (Wildman–Crippen MR) is 58.2 cm³/mol. The fraction of sp³-hybridized carbons (Fsp3) is 0.727. The Labute approximate surface area is 99.5 Å². The van der Waals surface area contributed by atoms with Crippen LogP contribution in [0.4, 0.5) is 0 Å². The molecule has 96 valence electrons. The molecule has 0 radical (unpaired) electrons. The first-order valence-corrected chi connectivity index (χ1v) is 5.70. The Hall–Kier alpha value is -1.59. The molecule has 0 aromatic carbocycles. The number of aliphatic carboxylic acids is 1. The van der Waals surface area contributed by atoms with Crippen molar-refractivity contribution in [2.45, 2.75) is 26.2 Å². The molecule has 1 N–H and O–H groups in total. The zero-order valence-corrected chi connectivity index (χ0v) is 9.85. The van der Waals surface area contributed by atoms with Gasteiger partial charge in [-0.05, 0) is 19.8 Å². The van der Waals surface area contributed by atoms with Gasteiger partial charge in [0.1, 0.15) is 6.42 Å². The molecule has 0 atom stereocenters. The summed E-state index contributed by atoms with van der Waals surface area (Å²) in [5, 5.41) is 8.80. The minimum absolute atomic E-state index is 0.257. The molecule has 0 unspecified atom stereocenters. The van der Waals surface area contributed by atoms with Crippen molar-refractivity contribution in [3.63, 3.8) is 0 Å². The van der Waals surface area contributed by atoms with E-state index in [2.05, 4.69) is 4.74 Å². The maximum atomic E-state index is 11.6. The monoisotopic (exact) mass is 243 g/mol. The third-order valence-electron chi connectivity index (χ3n) is 2.80. The highest BCUT2D eigenvalue weighted by Crippen LogP contribution is 2.17. The van der Waals surface area contributed by atoms with Gasteiger partial charge in [0.05, 0.1) is 12.5 Å². The zero-order chi connectivity index (χ0) is 12.8. The van der Waals surface area contributed by atoms with E-state index in [0.717, 1.165) is 0 Å². The molecule has 6 nitrogen and oxygen atoms in total. The number of carboxylic acid groups (broad SMARTS) is 1. The van der Waals surface area contributed by atoms with Crippen LogP contribution in [0.1, 0.15) is 26.2 Å². The molecule has 0 aliphatic carbocycles. The second kappa shape index (κ2) is 6.22. The first-order chi connectivity index (χ1) is 8.04. The van der Waals surface area contributed by atoms with Gasteiger partial charge in [0.15, 0.2) is 0 Å². The van der Waals surface area contributed by atoms with Gasteiger partial charge in [0.25, 0.3) is 0 Å². The van der Waals surface area contributed by atoms with Crippen molar-refractivity contribution >= 4 is 17.8 Å². The minimum Gasteiger partial charge on any atom is -0.481 e. The zero-order valence-electron chi connectivity index (χ0n) is 9.85. The number of carboxylic acids is 1. The topological polar surface area (TPSA) is 83.9 Å². The molecule has 1 aliphatic rings. The molecule has 1 fully saturated rings. The van der Waals surface area contributed by atoms with Gasteiger partial charge in [-0.15, -0.1) is 0 Å². The molecule has 0 saturated carbocycles. The average Bonchev–Trinajstić information content (AvgIpc) is 2.29. The third kappa shape index (κ3) is 4.05. The molecule has 1 rings (SSSR count). The lowest BCUT2D eigenvalue weighted by atomic mass is 9.97. The quantitative estimate of drug-likeness (QED) is 0.565. The second-order valence-corrected chi connectivity index (χ2v) is 3.98. The molecular weight excluding hydrogens is 226 g/mol. The predicted octanol–water partition coefficient (Wildman–Crippen LogP) is 0.263. The van der Waals surface area contributed by atoms with E-state index in [0.29, 0.717) is 25.9 Å². The van der Waals surface area contributed by atoms with Gasteiger partial charge >= 0.3 is 11.9 Å². The fourth-order valence-electron chi connectivity index (χ4n) is 1.82. The second-order valence-electron chi connectivity index (χ2n) is 3.98. The lowest BCUT2D eigenvalue weighted by Crippen LogP contribution is -2.41. The molecule has 0 aromatic rings. The summed E-state index contributed by atoms with van der Waals surface area (Å²) in [7, 11) is 0. The summed E-state index contributed by atoms with van der Waals surface area (Å²) in [4.78, 5) is 35.0. The summed E-state index contributed by atoms with van der Waals surface area (Å²) in [5.74, 6) is -2.01. The van der Waals surface area contributed by atoms with E-state index in [1.807, 2.05) is 0 Å². The molecule has 1 saturated heterocycles. The normalized spacial score (nSPS) is 16.6. The number of rotatable bonds is 4. The Kier molecular flexibility index (Phi) is 4.93. The van der Waals surface area contributed by atoms with Crippen LogP contribution in [0.2, 0.25) is 0 Å². The number of carbonyl (C=O) groups excluding carboxylic acids is 2. The van der Waals surface area contributed by atoms with Crippen molar-refractivity contribution in [3.05, 3.63) is 0 Å². The molecule has 6 heteroatoms. The van der Waals surface area contributed by atoms with E-state index >= 15 is 0 Å². The van der Waals surface area contributed by atoms with Crippen LogP contribution in [0, 0.1) is 5.92 Å². The Bertz CT molecular complexity index is 307. The van der Waals surface area contributed by atoms with Gasteiger partial charge in [0.2, 0.25) is 5.91 Å². The van der Waals surface area contributed by atoms with Crippen LogP contribution in [-0.4, -0.2) is 47.5 Å². The Morgan fingerprint density at radius 3 is 2.35 bits per heavy atom. The fourth-order valence-corrected chi connectivity index (χ4v) is 1.82. The number of carbonyl (C=O) groups is 3. The summed E-state index contributed by atoms with van der Waals surface area (Å²) in [6.45, 7) is 2.73. The van der Waals surface area contributed by atoms with Gasteiger partial charge in [0, 0.05) is 13.1 Å². The van der Waals surface area contributed by atoms with Crippen LogP contribution in [0.5, 0.6) is 0 Å². The Balaban J connectivity index is 2.35. The van der Waals surface area contributed by atoms with Gasteiger partial charge in [-0.1, -0.05) is 0 Å². The number of likely N-dealkylation sites (tertiary alicyclic amines) is 1. The third-order valence-corrected chi connectivity index (χ3v) is 2.80. The maximum Gasteiger partial charge on any atom is 0.315 e. The Morgan fingerprint density at radius 1 is 1.29 bits per heavy atom. The van der Waals surface area contributed by atoms with Gasteiger partial charge < -0.3 is 14.7 Å². The van der Waals surface area contributed by atoms with Crippen LogP contribution >= 0.6 is 0 Å². The van der Waals surface area contributed by atoms with Crippen molar-refractivity contribution in [2.75, 3.05) is 19.7 Å². The lowest BCUT2D eigenvalue weighted by molar-refractivity contribution is -0.151. The van der Waals surface area contributed by atoms with E-state index in [9.17, 15) is 14.4 Å². The smallest absolute Gasteiger partial charge is 0.315 e. The first-order valence-electron chi connectivity index (χ1n) is 5.70. The van der Waals surface area contributed by atoms with Gasteiger partial charge in [-0.2, -0.15) is 0 Å². The molecule has 0 spiro atoms. The van der Waals surface area contributed by atoms with Crippen LogP contribution < -0.4 is 0 Å². The molecule has 1 amide bonds. The SMILES string of the molecule is CCOC(=O)CC(=O)N1CCC(C(=O)O)CC1. The largest absolute Gasteiger partial charge is 0.481 e. The highest BCUT2D eigenvalue weighted by molar-refractivity contribution is 5.94. The summed E-state index contributed by atoms with van der Waals surface area (Å²) >= 11 is 0. The van der Waals surface area contributed by atoms with Crippen molar-refractivity contribution in [3.8, 4) is 0 Å². The minimum atomic E-state index is -0.817. The number of amides is 1. The number of esters is 1. The van der Waals surface area contributed by atoms with E-state index in [1.165, 1.54) is 4.90 Å². The number of hydrogen-bond donors (Lipinski definition) is 1. The van der Waals surface area contributed by atoms with Crippen LogP contribution in [0.15, 0.2) is 0 Å². The molecule has 1 aliphatic heterocycles. The van der Waals surface area contributed by atoms with Gasteiger partial charge in [-0.25, -0.2) is 0 Å². The summed E-state index contributed by atoms with van der Waals surface area (Å²) in [6, 6.07) is 0. The van der Waals surface area contributed by atoms with Crippen molar-refractivity contribution in [1.29, 1.82) is 0 Å². The molecule has 17 heavy (non-hydrogen) atoms. The standard InChI is InChI=1S/C11H17NO5/c1-2-17-10(14)7-9(13)12-5-3-8(4-6-12)11(15)16/h8H,2-7H2,1H3,(H,15,16).